The molecule has 3 rings (SSSR count). The van der Waals surface area contributed by atoms with Crippen LogP contribution in [0.1, 0.15) is 50.4 Å². The molecule has 1 unspecified atom stereocenters. The van der Waals surface area contributed by atoms with E-state index in [1.165, 1.54) is 17.8 Å². The van der Waals surface area contributed by atoms with E-state index in [1.807, 2.05) is 0 Å². The lowest BCUT2D eigenvalue weighted by atomic mass is 9.98. The minimum atomic E-state index is 0.123. The molecule has 0 saturated heterocycles. The van der Waals surface area contributed by atoms with E-state index in [-0.39, 0.29) is 11.5 Å². The smallest absolute Gasteiger partial charge is 0.192 e. The number of aromatic nitrogens is 1. The van der Waals surface area contributed by atoms with Crippen LogP contribution in [0.15, 0.2) is 10.4 Å². The third-order valence-electron chi connectivity index (χ3n) is 3.47. The quantitative estimate of drug-likeness (QED) is 0.891. The Balaban J connectivity index is 1.85. The number of guanidine groups is 1. The van der Waals surface area contributed by atoms with Gasteiger partial charge >= 0.3 is 0 Å². The summed E-state index contributed by atoms with van der Waals surface area (Å²) in [7, 11) is 0. The number of nitrogens with zero attached hydrogens (tertiary/aromatic N) is 3. The molecule has 2 aliphatic rings. The predicted molar refractivity (Wildman–Crippen MR) is 74.9 cm³/mol. The fourth-order valence-electron chi connectivity index (χ4n) is 2.32. The Bertz CT molecular complexity index is 481. The van der Waals surface area contributed by atoms with E-state index < -0.39 is 0 Å². The van der Waals surface area contributed by atoms with E-state index in [1.54, 1.807) is 11.3 Å². The lowest BCUT2D eigenvalue weighted by Gasteiger charge is -2.24. The maximum absolute atomic E-state index is 5.99. The first kappa shape index (κ1) is 12.0. The average molecular weight is 264 g/mol. The van der Waals surface area contributed by atoms with Crippen molar-refractivity contribution >= 4 is 17.3 Å². The van der Waals surface area contributed by atoms with Crippen LogP contribution in [0.3, 0.4) is 0 Å². The predicted octanol–water partition coefficient (Wildman–Crippen LogP) is 2.27. The maximum atomic E-state index is 5.99. The Morgan fingerprint density at radius 1 is 1.39 bits per heavy atom. The number of nitrogens with two attached hydrogens (primary N) is 1. The first-order valence-corrected chi connectivity index (χ1v) is 7.39. The second-order valence-corrected chi connectivity index (χ2v) is 7.04. The summed E-state index contributed by atoms with van der Waals surface area (Å²) in [5.41, 5.74) is 7.25. The van der Waals surface area contributed by atoms with Gasteiger partial charge in [0.1, 0.15) is 0 Å². The van der Waals surface area contributed by atoms with Gasteiger partial charge in [0.15, 0.2) is 5.96 Å². The van der Waals surface area contributed by atoms with Gasteiger partial charge in [-0.25, -0.2) is 4.98 Å². The van der Waals surface area contributed by atoms with Crippen LogP contribution in [0, 0.1) is 0 Å². The van der Waals surface area contributed by atoms with Crippen molar-refractivity contribution in [1.82, 2.24) is 9.88 Å². The zero-order chi connectivity index (χ0) is 12.9. The number of aliphatic imine (C=N–C) groups is 1. The van der Waals surface area contributed by atoms with E-state index in [0.29, 0.717) is 12.0 Å². The van der Waals surface area contributed by atoms with E-state index in [4.69, 9.17) is 10.7 Å². The molecular weight excluding hydrogens is 244 g/mol. The molecular formula is C13H20N4S. The minimum Gasteiger partial charge on any atom is -0.370 e. The Kier molecular flexibility index (Phi) is 2.62. The normalized spacial score (nSPS) is 24.5. The van der Waals surface area contributed by atoms with Gasteiger partial charge in [-0.05, 0) is 12.8 Å². The molecule has 1 aliphatic carbocycles. The molecule has 0 radical (unpaired) electrons. The van der Waals surface area contributed by atoms with Crippen molar-refractivity contribution in [1.29, 1.82) is 0 Å². The van der Waals surface area contributed by atoms with Crippen molar-refractivity contribution in [3.63, 3.8) is 0 Å². The summed E-state index contributed by atoms with van der Waals surface area (Å²) in [4.78, 5) is 11.5. The Morgan fingerprint density at radius 3 is 2.67 bits per heavy atom. The lowest BCUT2D eigenvalue weighted by Crippen LogP contribution is -2.37. The van der Waals surface area contributed by atoms with Crippen LogP contribution in [0.25, 0.3) is 0 Å². The Labute approximate surface area is 112 Å². The zero-order valence-corrected chi connectivity index (χ0v) is 12.0. The summed E-state index contributed by atoms with van der Waals surface area (Å²) in [5.74, 6) is 0.702. The molecule has 98 valence electrons. The molecule has 5 heteroatoms. The molecule has 1 saturated carbocycles. The van der Waals surface area contributed by atoms with Gasteiger partial charge in [-0.2, -0.15) is 0 Å². The lowest BCUT2D eigenvalue weighted by molar-refractivity contribution is 0.332. The van der Waals surface area contributed by atoms with Crippen LogP contribution in [0.5, 0.6) is 0 Å². The maximum Gasteiger partial charge on any atom is 0.192 e. The van der Waals surface area contributed by atoms with Crippen molar-refractivity contribution in [2.45, 2.75) is 51.1 Å². The van der Waals surface area contributed by atoms with E-state index in [9.17, 15) is 0 Å². The highest BCUT2D eigenvalue weighted by atomic mass is 32.1. The number of hydrogen-bond acceptors (Lipinski definition) is 5. The standard InChI is InChI=1S/C13H20N4S/c1-13(2,3)11-16-9(7-18-11)10-6-15-12(14)17(10)8-4-5-8/h7-8,10H,4-6H2,1-3H3,(H2,14,15). The molecule has 0 amide bonds. The second-order valence-electron chi connectivity index (χ2n) is 6.18. The summed E-state index contributed by atoms with van der Waals surface area (Å²) in [5, 5.41) is 3.37. The van der Waals surface area contributed by atoms with Crippen LogP contribution in [-0.2, 0) is 5.41 Å². The molecule has 18 heavy (non-hydrogen) atoms. The van der Waals surface area contributed by atoms with Gasteiger partial charge in [0, 0.05) is 16.8 Å². The van der Waals surface area contributed by atoms with Gasteiger partial charge in [-0.15, -0.1) is 11.3 Å². The second kappa shape index (κ2) is 3.95. The SMILES string of the molecule is CC(C)(C)c1nc(C2CN=C(N)N2C2CC2)cs1. The van der Waals surface area contributed by atoms with E-state index >= 15 is 0 Å². The molecule has 0 spiro atoms. The van der Waals surface area contributed by atoms with Crippen LogP contribution < -0.4 is 5.73 Å². The molecule has 1 aliphatic heterocycles. The minimum absolute atomic E-state index is 0.123. The topological polar surface area (TPSA) is 54.5 Å². The van der Waals surface area contributed by atoms with E-state index in [2.05, 4.69) is 36.0 Å². The van der Waals surface area contributed by atoms with Crippen LogP contribution in [-0.4, -0.2) is 28.4 Å². The van der Waals surface area contributed by atoms with Crippen LogP contribution >= 0.6 is 11.3 Å². The molecule has 1 aromatic rings. The third kappa shape index (κ3) is 2.00. The van der Waals surface area contributed by atoms with Gasteiger partial charge in [-0.3, -0.25) is 4.99 Å². The van der Waals surface area contributed by atoms with Crippen molar-refractivity contribution in [3.05, 3.63) is 16.1 Å². The van der Waals surface area contributed by atoms with Crippen LogP contribution in [0.2, 0.25) is 0 Å². The molecule has 1 aromatic heterocycles. The highest BCUT2D eigenvalue weighted by Crippen LogP contribution is 2.38. The van der Waals surface area contributed by atoms with Gasteiger partial charge in [0.2, 0.25) is 0 Å². The first-order chi connectivity index (χ1) is 8.47. The molecule has 1 atom stereocenters. The Morgan fingerprint density at radius 2 is 2.11 bits per heavy atom. The number of thiazole rings is 1. The number of hydrogen-bond donors (Lipinski definition) is 1. The Hall–Kier alpha value is -1.10. The highest BCUT2D eigenvalue weighted by Gasteiger charge is 2.40. The average Bonchev–Trinajstić information content (AvgIpc) is 2.86. The van der Waals surface area contributed by atoms with Crippen LogP contribution in [0.4, 0.5) is 0 Å². The first-order valence-electron chi connectivity index (χ1n) is 6.51. The summed E-state index contributed by atoms with van der Waals surface area (Å²) >= 11 is 1.75. The van der Waals surface area contributed by atoms with E-state index in [0.717, 1.165) is 12.2 Å². The molecule has 0 aromatic carbocycles. The molecule has 4 nitrogen and oxygen atoms in total. The molecule has 2 heterocycles. The summed E-state index contributed by atoms with van der Waals surface area (Å²) in [6.45, 7) is 7.37. The summed E-state index contributed by atoms with van der Waals surface area (Å²) < 4.78 is 0. The largest absolute Gasteiger partial charge is 0.370 e. The third-order valence-corrected chi connectivity index (χ3v) is 4.76. The van der Waals surface area contributed by atoms with Crippen molar-refractivity contribution < 1.29 is 0 Å². The zero-order valence-electron chi connectivity index (χ0n) is 11.2. The monoisotopic (exact) mass is 264 g/mol. The van der Waals surface area contributed by atoms with Gasteiger partial charge in [0.25, 0.3) is 0 Å². The van der Waals surface area contributed by atoms with Crippen molar-refractivity contribution in [2.24, 2.45) is 10.7 Å². The highest BCUT2D eigenvalue weighted by molar-refractivity contribution is 7.09. The van der Waals surface area contributed by atoms with Gasteiger partial charge in [-0.1, -0.05) is 20.8 Å². The molecule has 0 bridgehead atoms. The fourth-order valence-corrected chi connectivity index (χ4v) is 3.28. The fraction of sp³-hybridized carbons (Fsp3) is 0.692. The van der Waals surface area contributed by atoms with Gasteiger partial charge < -0.3 is 10.6 Å². The molecule has 2 N–H and O–H groups in total. The summed E-state index contributed by atoms with van der Waals surface area (Å²) in [6, 6.07) is 0.867. The number of rotatable bonds is 2. The van der Waals surface area contributed by atoms with Gasteiger partial charge in [0.05, 0.1) is 23.3 Å². The van der Waals surface area contributed by atoms with Crippen molar-refractivity contribution in [2.75, 3.05) is 6.54 Å². The molecule has 1 fully saturated rings. The summed E-state index contributed by atoms with van der Waals surface area (Å²) in [6.07, 6.45) is 2.48. The van der Waals surface area contributed by atoms with Crippen molar-refractivity contribution in [3.8, 4) is 0 Å².